The molecule has 0 fully saturated rings. The van der Waals surface area contributed by atoms with Crippen LogP contribution >= 0.6 is 0 Å². The molecule has 0 spiro atoms. The molecule has 2 aliphatic carbocycles. The van der Waals surface area contributed by atoms with Gasteiger partial charge in [-0.05, 0) is 58.5 Å². The van der Waals surface area contributed by atoms with Crippen LogP contribution in [0.2, 0.25) is 0 Å². The number of nitrogens with zero attached hydrogens (tertiary/aromatic N) is 1. The topological polar surface area (TPSA) is 12.9 Å². The third-order valence-corrected chi connectivity index (χ3v) is 5.60. The molecule has 3 aromatic rings. The fourth-order valence-corrected chi connectivity index (χ4v) is 4.24. The zero-order valence-corrected chi connectivity index (χ0v) is 14.5. The van der Waals surface area contributed by atoms with Crippen LogP contribution < -0.4 is 0 Å². The maximum absolute atomic E-state index is 4.70. The number of rotatable bonds is 1. The molecule has 25 heavy (non-hydrogen) atoms. The molecule has 2 aromatic carbocycles. The van der Waals surface area contributed by atoms with Gasteiger partial charge in [-0.1, -0.05) is 50.2 Å². The van der Waals surface area contributed by atoms with Crippen LogP contribution in [-0.2, 0) is 11.8 Å². The molecule has 120 valence electrons. The third kappa shape index (κ3) is 2.00. The van der Waals surface area contributed by atoms with Gasteiger partial charge in [0.2, 0.25) is 0 Å². The van der Waals surface area contributed by atoms with E-state index in [0.717, 1.165) is 12.1 Å². The van der Waals surface area contributed by atoms with Crippen molar-refractivity contribution in [2.24, 2.45) is 0 Å². The van der Waals surface area contributed by atoms with Crippen LogP contribution in [0.25, 0.3) is 28.5 Å². The van der Waals surface area contributed by atoms with Crippen LogP contribution in [0.1, 0.15) is 36.1 Å². The normalized spacial score (nSPS) is 15.6. The number of pyridine rings is 1. The monoisotopic (exact) mass is 321 g/mol. The minimum Gasteiger partial charge on any atom is -0.256 e. The van der Waals surface area contributed by atoms with Gasteiger partial charge in [-0.2, -0.15) is 0 Å². The van der Waals surface area contributed by atoms with Crippen molar-refractivity contribution in [3.05, 3.63) is 88.8 Å². The van der Waals surface area contributed by atoms with Crippen LogP contribution in [0, 0.1) is 0 Å². The molecule has 0 N–H and O–H groups in total. The predicted octanol–water partition coefficient (Wildman–Crippen LogP) is 5.78. The van der Waals surface area contributed by atoms with E-state index in [1.54, 1.807) is 0 Å². The standard InChI is InChI=1S/C24H19N/c1-24(2)21-10-6-5-9-19(21)20-12-11-17(15-22(20)24)23-18-8-4-3-7-16(18)13-14-25-23/h3,5-6,8-15H,7H2,1-2H3. The Labute approximate surface area is 148 Å². The summed E-state index contributed by atoms with van der Waals surface area (Å²) in [5, 5.41) is 0. The van der Waals surface area contributed by atoms with Crippen molar-refractivity contribution >= 4 is 6.08 Å². The fraction of sp³-hybridized carbons (Fsp3) is 0.167. The molecule has 0 amide bonds. The summed E-state index contributed by atoms with van der Waals surface area (Å²) in [6, 6.07) is 17.7. The molecule has 1 aromatic heterocycles. The van der Waals surface area contributed by atoms with E-state index in [-0.39, 0.29) is 5.41 Å². The number of benzene rings is 2. The van der Waals surface area contributed by atoms with E-state index in [9.17, 15) is 0 Å². The molecule has 0 bridgehead atoms. The smallest absolute Gasteiger partial charge is 0.0783 e. The highest BCUT2D eigenvalue weighted by atomic mass is 14.7. The lowest BCUT2D eigenvalue weighted by Gasteiger charge is -2.22. The number of hydrogen-bond donors (Lipinski definition) is 0. The summed E-state index contributed by atoms with van der Waals surface area (Å²) in [7, 11) is 0. The van der Waals surface area contributed by atoms with Gasteiger partial charge >= 0.3 is 0 Å². The van der Waals surface area contributed by atoms with E-state index >= 15 is 0 Å². The minimum absolute atomic E-state index is 0.0204. The van der Waals surface area contributed by atoms with Crippen LogP contribution in [-0.4, -0.2) is 4.98 Å². The molecule has 0 saturated carbocycles. The second-order valence-electron chi connectivity index (χ2n) is 7.38. The number of aromatic nitrogens is 1. The molecule has 0 saturated heterocycles. The van der Waals surface area contributed by atoms with Gasteiger partial charge in [-0.15, -0.1) is 5.73 Å². The summed E-state index contributed by atoms with van der Waals surface area (Å²) in [4.78, 5) is 4.70. The van der Waals surface area contributed by atoms with Crippen LogP contribution in [0.15, 0.2) is 66.5 Å². The highest BCUT2D eigenvalue weighted by Gasteiger charge is 2.35. The molecule has 5 rings (SSSR count). The molecule has 2 aliphatic rings. The van der Waals surface area contributed by atoms with Crippen molar-refractivity contribution in [2.45, 2.75) is 25.7 Å². The molecule has 1 heterocycles. The van der Waals surface area contributed by atoms with Gasteiger partial charge in [0, 0.05) is 22.7 Å². The molecule has 1 nitrogen and oxygen atoms in total. The highest BCUT2D eigenvalue weighted by molar-refractivity contribution is 5.84. The number of allylic oxidation sites excluding steroid dienone is 1. The highest BCUT2D eigenvalue weighted by Crippen LogP contribution is 2.49. The molecular weight excluding hydrogens is 302 g/mol. The van der Waals surface area contributed by atoms with Crippen LogP contribution in [0.3, 0.4) is 0 Å². The Balaban J connectivity index is 1.73. The number of hydrogen-bond acceptors (Lipinski definition) is 1. The summed E-state index contributed by atoms with van der Waals surface area (Å²) in [5.41, 5.74) is 13.6. The molecule has 0 aliphatic heterocycles. The summed E-state index contributed by atoms with van der Waals surface area (Å²) in [6.07, 6.45) is 7.00. The Bertz CT molecular complexity index is 1080. The van der Waals surface area contributed by atoms with Crippen LogP contribution in [0.5, 0.6) is 0 Å². The first-order chi connectivity index (χ1) is 12.2. The second kappa shape index (κ2) is 5.05. The minimum atomic E-state index is 0.0204. The molecule has 0 unspecified atom stereocenters. The SMILES string of the molecule is CC1(C)c2ccccc2-c2ccc(-c3nccc4c3C=C=CC4)cc21. The molecule has 1 heteroatoms. The van der Waals surface area contributed by atoms with Crippen LogP contribution in [0.4, 0.5) is 0 Å². The fourth-order valence-electron chi connectivity index (χ4n) is 4.24. The molecule has 0 radical (unpaired) electrons. The predicted molar refractivity (Wildman–Crippen MR) is 103 cm³/mol. The van der Waals surface area contributed by atoms with E-state index < -0.39 is 0 Å². The Kier molecular flexibility index (Phi) is 2.92. The van der Waals surface area contributed by atoms with E-state index in [0.29, 0.717) is 0 Å². The van der Waals surface area contributed by atoms with Crippen molar-refractivity contribution in [2.75, 3.05) is 0 Å². The average molecular weight is 321 g/mol. The van der Waals surface area contributed by atoms with Gasteiger partial charge in [0.05, 0.1) is 5.69 Å². The number of fused-ring (bicyclic) bond motifs is 4. The third-order valence-electron chi connectivity index (χ3n) is 5.60. The lowest BCUT2D eigenvalue weighted by molar-refractivity contribution is 0.660. The van der Waals surface area contributed by atoms with Gasteiger partial charge in [0.15, 0.2) is 0 Å². The van der Waals surface area contributed by atoms with Crippen molar-refractivity contribution < 1.29 is 0 Å². The Hall–Kier alpha value is -2.89. The largest absolute Gasteiger partial charge is 0.256 e. The molecule has 0 atom stereocenters. The zero-order valence-electron chi connectivity index (χ0n) is 14.5. The quantitative estimate of drug-likeness (QED) is 0.518. The van der Waals surface area contributed by atoms with E-state index in [1.807, 2.05) is 6.20 Å². The second-order valence-corrected chi connectivity index (χ2v) is 7.38. The van der Waals surface area contributed by atoms with E-state index in [4.69, 9.17) is 4.98 Å². The van der Waals surface area contributed by atoms with Gasteiger partial charge in [-0.3, -0.25) is 4.98 Å². The lowest BCUT2D eigenvalue weighted by atomic mass is 9.81. The Morgan fingerprint density at radius 2 is 1.80 bits per heavy atom. The Morgan fingerprint density at radius 3 is 2.72 bits per heavy atom. The van der Waals surface area contributed by atoms with Crippen molar-refractivity contribution in [3.63, 3.8) is 0 Å². The van der Waals surface area contributed by atoms with Gasteiger partial charge in [-0.25, -0.2) is 0 Å². The van der Waals surface area contributed by atoms with Gasteiger partial charge in [0.1, 0.15) is 0 Å². The summed E-state index contributed by atoms with van der Waals surface area (Å²) < 4.78 is 0. The lowest BCUT2D eigenvalue weighted by Crippen LogP contribution is -2.15. The average Bonchev–Trinajstić information content (AvgIpc) is 2.89. The van der Waals surface area contributed by atoms with Gasteiger partial charge in [0.25, 0.3) is 0 Å². The van der Waals surface area contributed by atoms with E-state index in [1.165, 1.54) is 38.9 Å². The summed E-state index contributed by atoms with van der Waals surface area (Å²) >= 11 is 0. The van der Waals surface area contributed by atoms with Gasteiger partial charge < -0.3 is 0 Å². The summed E-state index contributed by atoms with van der Waals surface area (Å²) in [6.45, 7) is 4.63. The maximum atomic E-state index is 4.70. The zero-order chi connectivity index (χ0) is 17.0. The maximum Gasteiger partial charge on any atom is 0.0783 e. The van der Waals surface area contributed by atoms with Crippen molar-refractivity contribution in [3.8, 4) is 22.4 Å². The van der Waals surface area contributed by atoms with E-state index in [2.05, 4.69) is 80.3 Å². The first kappa shape index (κ1) is 14.5. The molecular formula is C24H19N. The first-order valence-corrected chi connectivity index (χ1v) is 8.80. The Morgan fingerprint density at radius 1 is 0.960 bits per heavy atom. The van der Waals surface area contributed by atoms with Crippen molar-refractivity contribution in [1.82, 2.24) is 4.98 Å². The first-order valence-electron chi connectivity index (χ1n) is 8.80. The summed E-state index contributed by atoms with van der Waals surface area (Å²) in [5.74, 6) is 0. The van der Waals surface area contributed by atoms with Crippen molar-refractivity contribution in [1.29, 1.82) is 0 Å².